The predicted molar refractivity (Wildman–Crippen MR) is 91.1 cm³/mol. The van der Waals surface area contributed by atoms with Crippen LogP contribution < -0.4 is 9.47 Å². The molecule has 25 heavy (non-hydrogen) atoms. The van der Waals surface area contributed by atoms with Gasteiger partial charge in [-0.3, -0.25) is 0 Å². The quantitative estimate of drug-likeness (QED) is 0.515. The van der Waals surface area contributed by atoms with Crippen LogP contribution in [0.1, 0.15) is 12.5 Å². The van der Waals surface area contributed by atoms with E-state index >= 15 is 0 Å². The fraction of sp³-hybridized carbons (Fsp3) is 0.176. The Balaban J connectivity index is 1.67. The van der Waals surface area contributed by atoms with Crippen LogP contribution in [0.4, 0.5) is 0 Å². The van der Waals surface area contributed by atoms with Crippen molar-refractivity contribution in [1.29, 1.82) is 0 Å². The molecule has 1 atom stereocenters. The van der Waals surface area contributed by atoms with E-state index in [0.29, 0.717) is 22.2 Å². The second-order valence-electron chi connectivity index (χ2n) is 5.34. The number of tetrazole rings is 1. The Kier molecular flexibility index (Phi) is 4.95. The minimum absolute atomic E-state index is 0.376. The van der Waals surface area contributed by atoms with E-state index in [-0.39, 0.29) is 0 Å². The van der Waals surface area contributed by atoms with Gasteiger partial charge < -0.3 is 9.47 Å². The van der Waals surface area contributed by atoms with Gasteiger partial charge in [0.15, 0.2) is 6.10 Å². The first-order valence-electron chi connectivity index (χ1n) is 7.51. The van der Waals surface area contributed by atoms with Gasteiger partial charge >= 0.3 is 5.97 Å². The summed E-state index contributed by atoms with van der Waals surface area (Å²) in [7, 11) is 0. The van der Waals surface area contributed by atoms with E-state index < -0.39 is 12.1 Å². The van der Waals surface area contributed by atoms with Crippen LogP contribution in [0, 0.1) is 6.92 Å². The lowest BCUT2D eigenvalue weighted by molar-refractivity contribution is -0.141. The summed E-state index contributed by atoms with van der Waals surface area (Å²) in [5.74, 6) is 0.413. The van der Waals surface area contributed by atoms with Gasteiger partial charge in [0.1, 0.15) is 17.8 Å². The van der Waals surface area contributed by atoms with Crippen molar-refractivity contribution in [2.45, 2.75) is 20.0 Å². The highest BCUT2D eigenvalue weighted by molar-refractivity contribution is 6.31. The summed E-state index contributed by atoms with van der Waals surface area (Å²) in [6, 6.07) is 12.1. The molecule has 0 unspecified atom stereocenters. The van der Waals surface area contributed by atoms with E-state index in [1.807, 2.05) is 6.92 Å². The molecule has 0 fully saturated rings. The number of carbonyl (C=O) groups is 1. The number of aryl methyl sites for hydroxylation is 1. The minimum atomic E-state index is -0.780. The topological polar surface area (TPSA) is 79.1 Å². The van der Waals surface area contributed by atoms with Gasteiger partial charge in [-0.1, -0.05) is 17.7 Å². The molecule has 8 heteroatoms. The lowest BCUT2D eigenvalue weighted by Crippen LogP contribution is -2.28. The minimum Gasteiger partial charge on any atom is -0.479 e. The molecule has 0 aliphatic heterocycles. The molecular weight excluding hydrogens is 344 g/mol. The molecule has 0 saturated heterocycles. The second kappa shape index (κ2) is 7.31. The molecule has 128 valence electrons. The summed E-state index contributed by atoms with van der Waals surface area (Å²) >= 11 is 5.98. The van der Waals surface area contributed by atoms with Crippen molar-refractivity contribution in [1.82, 2.24) is 20.2 Å². The maximum atomic E-state index is 12.2. The molecule has 0 N–H and O–H groups in total. The van der Waals surface area contributed by atoms with Crippen LogP contribution in [0.15, 0.2) is 48.8 Å². The number of esters is 1. The van der Waals surface area contributed by atoms with E-state index in [9.17, 15) is 4.79 Å². The maximum absolute atomic E-state index is 12.2. The van der Waals surface area contributed by atoms with Gasteiger partial charge in [-0.25, -0.2) is 9.48 Å². The highest BCUT2D eigenvalue weighted by atomic mass is 35.5. The molecular formula is C17H15ClN4O3. The number of rotatable bonds is 5. The molecule has 1 aromatic heterocycles. The fourth-order valence-corrected chi connectivity index (χ4v) is 2.23. The van der Waals surface area contributed by atoms with Crippen molar-refractivity contribution >= 4 is 17.6 Å². The summed E-state index contributed by atoms with van der Waals surface area (Å²) < 4.78 is 12.5. The molecule has 0 aliphatic carbocycles. The monoisotopic (exact) mass is 358 g/mol. The van der Waals surface area contributed by atoms with E-state index in [0.717, 1.165) is 5.56 Å². The number of ether oxygens (including phenoxy) is 2. The average molecular weight is 359 g/mol. The molecule has 0 radical (unpaired) electrons. The molecule has 0 bridgehead atoms. The number of hydrogen-bond donors (Lipinski definition) is 0. The second-order valence-corrected chi connectivity index (χ2v) is 5.75. The fourth-order valence-electron chi connectivity index (χ4n) is 2.11. The van der Waals surface area contributed by atoms with E-state index in [1.165, 1.54) is 11.0 Å². The van der Waals surface area contributed by atoms with Crippen LogP contribution in [0.5, 0.6) is 11.5 Å². The molecule has 7 nitrogen and oxygen atoms in total. The summed E-state index contributed by atoms with van der Waals surface area (Å²) in [5.41, 5.74) is 1.55. The third kappa shape index (κ3) is 4.13. The third-order valence-corrected chi connectivity index (χ3v) is 3.85. The Bertz CT molecular complexity index is 883. The number of benzene rings is 2. The van der Waals surface area contributed by atoms with Crippen molar-refractivity contribution in [3.63, 3.8) is 0 Å². The molecule has 0 amide bonds. The summed E-state index contributed by atoms with van der Waals surface area (Å²) in [5, 5.41) is 11.6. The summed E-state index contributed by atoms with van der Waals surface area (Å²) in [6.45, 7) is 3.49. The summed E-state index contributed by atoms with van der Waals surface area (Å²) in [4.78, 5) is 12.2. The van der Waals surface area contributed by atoms with E-state index in [2.05, 4.69) is 15.5 Å². The van der Waals surface area contributed by atoms with Crippen LogP contribution >= 0.6 is 11.6 Å². The SMILES string of the molecule is Cc1cc(O[C@@H](C)C(=O)Oc2cccc(-n3cnnn3)c2)ccc1Cl. The lowest BCUT2D eigenvalue weighted by atomic mass is 10.2. The Morgan fingerprint density at radius 3 is 2.76 bits per heavy atom. The van der Waals surface area contributed by atoms with Crippen molar-refractivity contribution in [2.75, 3.05) is 0 Å². The molecule has 1 heterocycles. The normalized spacial score (nSPS) is 11.8. The zero-order chi connectivity index (χ0) is 17.8. The Morgan fingerprint density at radius 1 is 1.20 bits per heavy atom. The smallest absolute Gasteiger partial charge is 0.352 e. The van der Waals surface area contributed by atoms with Crippen molar-refractivity contribution in [3.8, 4) is 17.2 Å². The van der Waals surface area contributed by atoms with Crippen LogP contribution in [-0.2, 0) is 4.79 Å². The average Bonchev–Trinajstić information content (AvgIpc) is 3.13. The van der Waals surface area contributed by atoms with E-state index in [1.54, 1.807) is 49.4 Å². The van der Waals surface area contributed by atoms with Gasteiger partial charge in [0, 0.05) is 11.1 Å². The number of carbonyl (C=O) groups excluding carboxylic acids is 1. The van der Waals surface area contributed by atoms with E-state index in [4.69, 9.17) is 21.1 Å². The molecule has 0 aliphatic rings. The van der Waals surface area contributed by atoms with Gasteiger partial charge in [0.2, 0.25) is 0 Å². The van der Waals surface area contributed by atoms with Crippen molar-refractivity contribution in [3.05, 3.63) is 59.4 Å². The zero-order valence-corrected chi connectivity index (χ0v) is 14.3. The van der Waals surface area contributed by atoms with Crippen LogP contribution in [0.3, 0.4) is 0 Å². The Labute approximate surface area is 149 Å². The van der Waals surface area contributed by atoms with Crippen molar-refractivity contribution in [2.24, 2.45) is 0 Å². The lowest BCUT2D eigenvalue weighted by Gasteiger charge is -2.14. The highest BCUT2D eigenvalue weighted by Crippen LogP contribution is 2.22. The summed E-state index contributed by atoms with van der Waals surface area (Å²) in [6.07, 6.45) is 0.674. The number of nitrogens with zero attached hydrogens (tertiary/aromatic N) is 4. The van der Waals surface area contributed by atoms with Gasteiger partial charge in [-0.05, 0) is 60.2 Å². The van der Waals surface area contributed by atoms with Gasteiger partial charge in [-0.2, -0.15) is 0 Å². The Morgan fingerprint density at radius 2 is 2.04 bits per heavy atom. The standard InChI is InChI=1S/C17H15ClN4O3/c1-11-8-15(6-7-16(11)18)24-12(2)17(23)25-14-5-3-4-13(9-14)22-10-19-20-21-22/h3-10,12H,1-2H3/t12-/m0/s1. The largest absolute Gasteiger partial charge is 0.479 e. The first kappa shape index (κ1) is 16.9. The van der Waals surface area contributed by atoms with Gasteiger partial charge in [0.05, 0.1) is 5.69 Å². The molecule has 2 aromatic carbocycles. The first-order chi connectivity index (χ1) is 12.0. The molecule has 0 saturated carbocycles. The first-order valence-corrected chi connectivity index (χ1v) is 7.88. The number of aromatic nitrogens is 4. The predicted octanol–water partition coefficient (Wildman–Crippen LogP) is 3.00. The van der Waals surface area contributed by atoms with Crippen LogP contribution in [0.2, 0.25) is 5.02 Å². The van der Waals surface area contributed by atoms with Crippen LogP contribution in [0.25, 0.3) is 5.69 Å². The van der Waals surface area contributed by atoms with Crippen molar-refractivity contribution < 1.29 is 14.3 Å². The Hall–Kier alpha value is -2.93. The number of hydrogen-bond acceptors (Lipinski definition) is 6. The van der Waals surface area contributed by atoms with Crippen LogP contribution in [-0.4, -0.2) is 32.3 Å². The third-order valence-electron chi connectivity index (χ3n) is 3.42. The van der Waals surface area contributed by atoms with Gasteiger partial charge in [-0.15, -0.1) is 5.10 Å². The molecule has 0 spiro atoms. The molecule has 3 aromatic rings. The highest BCUT2D eigenvalue weighted by Gasteiger charge is 2.18. The van der Waals surface area contributed by atoms with Gasteiger partial charge in [0.25, 0.3) is 0 Å². The maximum Gasteiger partial charge on any atom is 0.352 e. The zero-order valence-electron chi connectivity index (χ0n) is 13.6. The number of halogens is 1. The molecule has 3 rings (SSSR count).